The molecule has 0 saturated carbocycles. The van der Waals surface area contributed by atoms with Crippen molar-refractivity contribution in [1.29, 1.82) is 0 Å². The second kappa shape index (κ2) is 4.19. The SMILES string of the molecule is CN(C)c1ccc(C(F)C(C)(C)N)cc1. The predicted octanol–water partition coefficient (Wildman–Crippen LogP) is 2.50. The molecule has 0 aromatic heterocycles. The first-order valence-corrected chi connectivity index (χ1v) is 5.02. The van der Waals surface area contributed by atoms with Gasteiger partial charge in [0.15, 0.2) is 0 Å². The predicted molar refractivity (Wildman–Crippen MR) is 62.9 cm³/mol. The molecule has 0 aliphatic carbocycles. The van der Waals surface area contributed by atoms with E-state index >= 15 is 0 Å². The van der Waals surface area contributed by atoms with Gasteiger partial charge in [0.2, 0.25) is 0 Å². The molecule has 0 saturated heterocycles. The van der Waals surface area contributed by atoms with Gasteiger partial charge in [-0.3, -0.25) is 0 Å². The van der Waals surface area contributed by atoms with Crippen molar-refractivity contribution in [1.82, 2.24) is 0 Å². The van der Waals surface area contributed by atoms with Crippen LogP contribution in [0.5, 0.6) is 0 Å². The number of nitrogens with two attached hydrogens (primary N) is 1. The van der Waals surface area contributed by atoms with Gasteiger partial charge in [0, 0.05) is 25.3 Å². The molecular formula is C12H19FN2. The normalized spacial score (nSPS) is 13.7. The highest BCUT2D eigenvalue weighted by Gasteiger charge is 2.26. The molecule has 0 fully saturated rings. The van der Waals surface area contributed by atoms with Gasteiger partial charge in [-0.15, -0.1) is 0 Å². The zero-order valence-electron chi connectivity index (χ0n) is 9.79. The second-order valence-electron chi connectivity index (χ2n) is 4.67. The number of alkyl halides is 1. The quantitative estimate of drug-likeness (QED) is 0.830. The van der Waals surface area contributed by atoms with Gasteiger partial charge in [0.25, 0.3) is 0 Å². The molecule has 0 aliphatic rings. The van der Waals surface area contributed by atoms with E-state index in [0.29, 0.717) is 5.56 Å². The zero-order chi connectivity index (χ0) is 11.6. The Kier molecular flexibility index (Phi) is 3.35. The van der Waals surface area contributed by atoms with Gasteiger partial charge in [-0.05, 0) is 31.5 Å². The molecule has 1 aromatic rings. The lowest BCUT2D eigenvalue weighted by Crippen LogP contribution is -2.37. The first-order valence-electron chi connectivity index (χ1n) is 5.02. The van der Waals surface area contributed by atoms with Gasteiger partial charge in [0.05, 0.1) is 0 Å². The van der Waals surface area contributed by atoms with Crippen molar-refractivity contribution in [3.8, 4) is 0 Å². The summed E-state index contributed by atoms with van der Waals surface area (Å²) in [5.74, 6) is 0. The van der Waals surface area contributed by atoms with Crippen LogP contribution >= 0.6 is 0 Å². The van der Waals surface area contributed by atoms with Crippen LogP contribution in [-0.4, -0.2) is 19.6 Å². The zero-order valence-corrected chi connectivity index (χ0v) is 9.79. The Balaban J connectivity index is 2.89. The fourth-order valence-corrected chi connectivity index (χ4v) is 1.37. The van der Waals surface area contributed by atoms with Crippen LogP contribution in [0, 0.1) is 0 Å². The Hall–Kier alpha value is -1.09. The highest BCUT2D eigenvalue weighted by molar-refractivity contribution is 5.46. The summed E-state index contributed by atoms with van der Waals surface area (Å²) in [7, 11) is 3.91. The Morgan fingerprint density at radius 1 is 1.20 bits per heavy atom. The van der Waals surface area contributed by atoms with E-state index in [9.17, 15) is 4.39 Å². The van der Waals surface area contributed by atoms with Crippen molar-refractivity contribution >= 4 is 5.69 Å². The Morgan fingerprint density at radius 3 is 2.00 bits per heavy atom. The average molecular weight is 210 g/mol. The molecule has 3 heteroatoms. The molecule has 1 rings (SSSR count). The number of halogens is 1. The van der Waals surface area contributed by atoms with E-state index in [-0.39, 0.29) is 0 Å². The molecule has 1 unspecified atom stereocenters. The van der Waals surface area contributed by atoms with Gasteiger partial charge in [-0.1, -0.05) is 12.1 Å². The monoisotopic (exact) mass is 210 g/mol. The van der Waals surface area contributed by atoms with Gasteiger partial charge in [-0.2, -0.15) is 0 Å². The molecular weight excluding hydrogens is 191 g/mol. The summed E-state index contributed by atoms with van der Waals surface area (Å²) < 4.78 is 13.8. The maximum Gasteiger partial charge on any atom is 0.142 e. The van der Waals surface area contributed by atoms with E-state index in [1.54, 1.807) is 26.0 Å². The molecule has 0 heterocycles. The molecule has 2 nitrogen and oxygen atoms in total. The molecule has 0 radical (unpaired) electrons. The van der Waals surface area contributed by atoms with Crippen molar-refractivity contribution in [2.45, 2.75) is 25.6 Å². The highest BCUT2D eigenvalue weighted by atomic mass is 19.1. The molecule has 15 heavy (non-hydrogen) atoms. The average Bonchev–Trinajstić information content (AvgIpc) is 2.15. The maximum absolute atomic E-state index is 13.8. The van der Waals surface area contributed by atoms with Gasteiger partial charge >= 0.3 is 0 Å². The third kappa shape index (κ3) is 2.93. The van der Waals surface area contributed by atoms with E-state index < -0.39 is 11.7 Å². The van der Waals surface area contributed by atoms with Gasteiger partial charge in [-0.25, -0.2) is 4.39 Å². The van der Waals surface area contributed by atoms with Crippen LogP contribution in [0.25, 0.3) is 0 Å². The molecule has 0 amide bonds. The molecule has 0 bridgehead atoms. The van der Waals surface area contributed by atoms with Crippen LogP contribution < -0.4 is 10.6 Å². The standard InChI is InChI=1S/C12H19FN2/c1-12(2,14)11(13)9-5-7-10(8-6-9)15(3)4/h5-8,11H,14H2,1-4H3. The molecule has 1 atom stereocenters. The van der Waals surface area contributed by atoms with Crippen molar-refractivity contribution in [2.24, 2.45) is 5.73 Å². The highest BCUT2D eigenvalue weighted by Crippen LogP contribution is 2.28. The topological polar surface area (TPSA) is 29.3 Å². The van der Waals surface area contributed by atoms with Crippen LogP contribution in [0.2, 0.25) is 0 Å². The largest absolute Gasteiger partial charge is 0.378 e. The van der Waals surface area contributed by atoms with E-state index in [4.69, 9.17) is 5.73 Å². The fraction of sp³-hybridized carbons (Fsp3) is 0.500. The second-order valence-corrected chi connectivity index (χ2v) is 4.67. The molecule has 84 valence electrons. The summed E-state index contributed by atoms with van der Waals surface area (Å²) in [6.07, 6.45) is -1.13. The van der Waals surface area contributed by atoms with Crippen LogP contribution in [0.4, 0.5) is 10.1 Å². The summed E-state index contributed by atoms with van der Waals surface area (Å²) in [6, 6.07) is 7.37. The lowest BCUT2D eigenvalue weighted by Gasteiger charge is -2.24. The van der Waals surface area contributed by atoms with Crippen molar-refractivity contribution in [3.05, 3.63) is 29.8 Å². The third-order valence-electron chi connectivity index (χ3n) is 2.36. The van der Waals surface area contributed by atoms with Crippen LogP contribution in [-0.2, 0) is 0 Å². The molecule has 0 spiro atoms. The summed E-state index contributed by atoms with van der Waals surface area (Å²) in [4.78, 5) is 1.98. The summed E-state index contributed by atoms with van der Waals surface area (Å²) >= 11 is 0. The Morgan fingerprint density at radius 2 is 1.67 bits per heavy atom. The van der Waals surface area contributed by atoms with Gasteiger partial charge in [0.1, 0.15) is 6.17 Å². The number of anilines is 1. The van der Waals surface area contributed by atoms with Crippen LogP contribution in [0.1, 0.15) is 25.6 Å². The maximum atomic E-state index is 13.8. The number of nitrogens with zero attached hydrogens (tertiary/aromatic N) is 1. The summed E-state index contributed by atoms with van der Waals surface area (Å²) in [5.41, 5.74) is 6.58. The van der Waals surface area contributed by atoms with Crippen LogP contribution in [0.3, 0.4) is 0 Å². The van der Waals surface area contributed by atoms with E-state index in [1.165, 1.54) is 0 Å². The molecule has 2 N–H and O–H groups in total. The number of hydrogen-bond acceptors (Lipinski definition) is 2. The summed E-state index contributed by atoms with van der Waals surface area (Å²) in [5, 5.41) is 0. The Bertz CT molecular complexity index is 311. The minimum absolute atomic E-state index is 0.633. The van der Waals surface area contributed by atoms with E-state index in [0.717, 1.165) is 5.69 Å². The van der Waals surface area contributed by atoms with E-state index in [1.807, 2.05) is 31.1 Å². The first kappa shape index (κ1) is 12.0. The molecule has 0 aliphatic heterocycles. The lowest BCUT2D eigenvalue weighted by molar-refractivity contribution is 0.223. The minimum atomic E-state index is -1.13. The fourth-order valence-electron chi connectivity index (χ4n) is 1.37. The van der Waals surface area contributed by atoms with Crippen molar-refractivity contribution in [2.75, 3.05) is 19.0 Å². The number of benzene rings is 1. The lowest BCUT2D eigenvalue weighted by atomic mass is 9.94. The van der Waals surface area contributed by atoms with Crippen molar-refractivity contribution < 1.29 is 4.39 Å². The number of hydrogen-bond donors (Lipinski definition) is 1. The Labute approximate surface area is 90.9 Å². The minimum Gasteiger partial charge on any atom is -0.378 e. The first-order chi connectivity index (χ1) is 6.82. The van der Waals surface area contributed by atoms with E-state index in [2.05, 4.69) is 0 Å². The van der Waals surface area contributed by atoms with Gasteiger partial charge < -0.3 is 10.6 Å². The smallest absolute Gasteiger partial charge is 0.142 e. The van der Waals surface area contributed by atoms with Crippen LogP contribution in [0.15, 0.2) is 24.3 Å². The molecule has 1 aromatic carbocycles. The third-order valence-corrected chi connectivity index (χ3v) is 2.36. The van der Waals surface area contributed by atoms with Crippen molar-refractivity contribution in [3.63, 3.8) is 0 Å². The number of rotatable bonds is 3. The summed E-state index contributed by atoms with van der Waals surface area (Å²) in [6.45, 7) is 3.38.